The Labute approximate surface area is 98.6 Å². The Morgan fingerprint density at radius 3 is 2.38 bits per heavy atom. The average Bonchev–Trinajstić information content (AvgIpc) is 2.75. The van der Waals surface area contributed by atoms with E-state index in [0.29, 0.717) is 16.4 Å². The molecule has 0 unspecified atom stereocenters. The van der Waals surface area contributed by atoms with Gasteiger partial charge in [-0.25, -0.2) is 0 Å². The van der Waals surface area contributed by atoms with Gasteiger partial charge in [-0.15, -0.1) is 0 Å². The fourth-order valence-electron chi connectivity index (χ4n) is 1.43. The lowest BCUT2D eigenvalue weighted by atomic mass is 10.1. The van der Waals surface area contributed by atoms with Crippen LogP contribution in [0.1, 0.15) is 21.6 Å². The minimum absolute atomic E-state index is 0.0671. The van der Waals surface area contributed by atoms with Crippen molar-refractivity contribution in [2.45, 2.75) is 0 Å². The van der Waals surface area contributed by atoms with Gasteiger partial charge in [0.2, 0.25) is 5.78 Å². The van der Waals surface area contributed by atoms with E-state index in [2.05, 4.69) is 11.6 Å². The highest BCUT2D eigenvalue weighted by molar-refractivity contribution is 6.29. The van der Waals surface area contributed by atoms with Crippen molar-refractivity contribution in [2.75, 3.05) is 0 Å². The summed E-state index contributed by atoms with van der Waals surface area (Å²) in [7, 11) is 0. The van der Waals surface area contributed by atoms with Crippen molar-refractivity contribution in [3.63, 3.8) is 0 Å². The highest BCUT2D eigenvalue weighted by atomic mass is 35.5. The van der Waals surface area contributed by atoms with Crippen LogP contribution >= 0.6 is 11.6 Å². The van der Waals surface area contributed by atoms with Crippen LogP contribution in [-0.4, -0.2) is 10.8 Å². The molecule has 0 atom stereocenters. The number of hydrogen-bond acceptors (Lipinski definition) is 1. The molecule has 0 fully saturated rings. The van der Waals surface area contributed by atoms with Crippen molar-refractivity contribution < 1.29 is 4.79 Å². The van der Waals surface area contributed by atoms with Crippen molar-refractivity contribution in [1.29, 1.82) is 0 Å². The molecule has 1 aromatic carbocycles. The van der Waals surface area contributed by atoms with E-state index >= 15 is 0 Å². The van der Waals surface area contributed by atoms with Gasteiger partial charge in [-0.3, -0.25) is 4.79 Å². The molecule has 2 rings (SSSR count). The third-order valence-corrected chi connectivity index (χ3v) is 2.52. The van der Waals surface area contributed by atoms with Gasteiger partial charge in [0.15, 0.2) is 0 Å². The van der Waals surface area contributed by atoms with Crippen LogP contribution in [0.5, 0.6) is 0 Å². The van der Waals surface area contributed by atoms with Crippen LogP contribution in [0.3, 0.4) is 0 Å². The number of H-pyrrole nitrogens is 1. The molecule has 1 aromatic heterocycles. The van der Waals surface area contributed by atoms with E-state index in [4.69, 9.17) is 11.6 Å². The molecule has 2 aromatic rings. The lowest BCUT2D eigenvalue weighted by Crippen LogP contribution is -2.01. The molecule has 0 bridgehead atoms. The molecule has 0 saturated heterocycles. The van der Waals surface area contributed by atoms with Crippen LogP contribution in [-0.2, 0) is 0 Å². The first-order valence-corrected chi connectivity index (χ1v) is 5.20. The Hall–Kier alpha value is -1.80. The lowest BCUT2D eigenvalue weighted by molar-refractivity contribution is 0.103. The summed E-state index contributed by atoms with van der Waals surface area (Å²) in [6.07, 6.45) is 1.74. The highest BCUT2D eigenvalue weighted by Crippen LogP contribution is 2.13. The average molecular weight is 232 g/mol. The summed E-state index contributed by atoms with van der Waals surface area (Å²) in [6, 6.07) is 10.6. The van der Waals surface area contributed by atoms with Gasteiger partial charge in [-0.1, -0.05) is 48.5 Å². The highest BCUT2D eigenvalue weighted by Gasteiger charge is 2.10. The number of halogens is 1. The molecular formula is C13H10ClNO. The molecule has 16 heavy (non-hydrogen) atoms. The summed E-state index contributed by atoms with van der Waals surface area (Å²) >= 11 is 5.72. The Balaban J connectivity index is 2.30. The van der Waals surface area contributed by atoms with Crippen LogP contribution in [0.25, 0.3) is 6.08 Å². The number of ketones is 1. The van der Waals surface area contributed by atoms with Gasteiger partial charge in [0.1, 0.15) is 5.15 Å². The molecule has 1 N–H and O–H groups in total. The van der Waals surface area contributed by atoms with Crippen LogP contribution < -0.4 is 0 Å². The van der Waals surface area contributed by atoms with Gasteiger partial charge in [0.05, 0.1) is 5.69 Å². The fourth-order valence-corrected chi connectivity index (χ4v) is 1.59. The topological polar surface area (TPSA) is 32.9 Å². The summed E-state index contributed by atoms with van der Waals surface area (Å²) in [6.45, 7) is 3.66. The fraction of sp³-hybridized carbons (Fsp3) is 0. The van der Waals surface area contributed by atoms with E-state index < -0.39 is 0 Å². The van der Waals surface area contributed by atoms with Gasteiger partial charge in [0, 0.05) is 5.56 Å². The van der Waals surface area contributed by atoms with Crippen LogP contribution in [0, 0.1) is 0 Å². The summed E-state index contributed by atoms with van der Waals surface area (Å²) in [5, 5.41) is 0.464. The SMILES string of the molecule is C=Cc1ccc(C(=O)c2ccc(Cl)[nH]2)cc1. The Bertz CT molecular complexity index is 525. The first kappa shape index (κ1) is 10.7. The maximum absolute atomic E-state index is 11.9. The zero-order valence-corrected chi connectivity index (χ0v) is 9.29. The number of carbonyl (C=O) groups excluding carboxylic acids is 1. The predicted molar refractivity (Wildman–Crippen MR) is 65.8 cm³/mol. The summed E-state index contributed by atoms with van der Waals surface area (Å²) < 4.78 is 0. The number of carbonyl (C=O) groups is 1. The molecule has 0 aliphatic heterocycles. The molecule has 80 valence electrons. The number of nitrogens with one attached hydrogen (secondary N) is 1. The van der Waals surface area contributed by atoms with Crippen molar-refractivity contribution in [3.05, 3.63) is 65.0 Å². The second-order valence-electron chi connectivity index (χ2n) is 3.38. The Morgan fingerprint density at radius 1 is 1.19 bits per heavy atom. The van der Waals surface area contributed by atoms with Gasteiger partial charge >= 0.3 is 0 Å². The van der Waals surface area contributed by atoms with E-state index in [1.165, 1.54) is 0 Å². The molecular weight excluding hydrogens is 222 g/mol. The van der Waals surface area contributed by atoms with Crippen LogP contribution in [0.15, 0.2) is 43.0 Å². The molecule has 2 nitrogen and oxygen atoms in total. The number of hydrogen-bond donors (Lipinski definition) is 1. The number of aromatic amines is 1. The van der Waals surface area contributed by atoms with Gasteiger partial charge in [-0.2, -0.15) is 0 Å². The molecule has 0 radical (unpaired) electrons. The van der Waals surface area contributed by atoms with Crippen LogP contribution in [0.4, 0.5) is 0 Å². The van der Waals surface area contributed by atoms with E-state index in [9.17, 15) is 4.79 Å². The minimum atomic E-state index is -0.0671. The summed E-state index contributed by atoms with van der Waals surface area (Å²) in [4.78, 5) is 14.7. The largest absolute Gasteiger partial charge is 0.343 e. The van der Waals surface area contributed by atoms with Crippen LogP contribution in [0.2, 0.25) is 5.15 Å². The second-order valence-corrected chi connectivity index (χ2v) is 3.78. The second kappa shape index (κ2) is 4.37. The van der Waals surface area contributed by atoms with Gasteiger partial charge in [0.25, 0.3) is 0 Å². The predicted octanol–water partition coefficient (Wildman–Crippen LogP) is 3.54. The Morgan fingerprint density at radius 2 is 1.88 bits per heavy atom. The summed E-state index contributed by atoms with van der Waals surface area (Å²) in [5.74, 6) is -0.0671. The van der Waals surface area contributed by atoms with Crippen molar-refractivity contribution in [2.24, 2.45) is 0 Å². The van der Waals surface area contributed by atoms with E-state index in [1.807, 2.05) is 12.1 Å². The van der Waals surface area contributed by atoms with E-state index in [-0.39, 0.29) is 5.78 Å². The molecule has 0 aliphatic carbocycles. The monoisotopic (exact) mass is 231 g/mol. The normalized spacial score (nSPS) is 10.1. The first-order valence-electron chi connectivity index (χ1n) is 4.82. The maximum Gasteiger partial charge on any atom is 0.209 e. The quantitative estimate of drug-likeness (QED) is 0.806. The smallest absolute Gasteiger partial charge is 0.209 e. The molecule has 1 heterocycles. The van der Waals surface area contributed by atoms with Crippen molar-refractivity contribution in [1.82, 2.24) is 4.98 Å². The standard InChI is InChI=1S/C13H10ClNO/c1-2-9-3-5-10(6-4-9)13(16)11-7-8-12(14)15-11/h2-8,15H,1H2. The molecule has 0 aliphatic rings. The molecule has 0 amide bonds. The van der Waals surface area contributed by atoms with Crippen molar-refractivity contribution in [3.8, 4) is 0 Å². The lowest BCUT2D eigenvalue weighted by Gasteiger charge is -1.99. The Kier molecular flexibility index (Phi) is 2.93. The molecule has 0 spiro atoms. The summed E-state index contributed by atoms with van der Waals surface area (Å²) in [5.41, 5.74) is 2.11. The van der Waals surface area contributed by atoms with Gasteiger partial charge in [-0.05, 0) is 17.7 Å². The molecule has 0 saturated carbocycles. The van der Waals surface area contributed by atoms with E-state index in [0.717, 1.165) is 5.56 Å². The minimum Gasteiger partial charge on any atom is -0.343 e. The number of benzene rings is 1. The van der Waals surface area contributed by atoms with Gasteiger partial charge < -0.3 is 4.98 Å². The number of aromatic nitrogens is 1. The maximum atomic E-state index is 11.9. The zero-order valence-electron chi connectivity index (χ0n) is 8.53. The third-order valence-electron chi connectivity index (χ3n) is 2.30. The molecule has 3 heteroatoms. The third kappa shape index (κ3) is 2.07. The first-order chi connectivity index (χ1) is 7.70. The zero-order chi connectivity index (χ0) is 11.5. The number of rotatable bonds is 3. The van der Waals surface area contributed by atoms with E-state index in [1.54, 1.807) is 30.3 Å². The van der Waals surface area contributed by atoms with Crippen molar-refractivity contribution >= 4 is 23.5 Å².